The average molecular weight is 378 g/mol. The molecular formula is C20H22N6O2. The van der Waals surface area contributed by atoms with Gasteiger partial charge in [-0.2, -0.15) is 5.10 Å². The van der Waals surface area contributed by atoms with Gasteiger partial charge in [-0.1, -0.05) is 12.1 Å². The minimum Gasteiger partial charge on any atom is -0.340 e. The molecule has 1 aromatic carbocycles. The molecule has 1 aliphatic rings. The van der Waals surface area contributed by atoms with Gasteiger partial charge in [0, 0.05) is 44.3 Å². The van der Waals surface area contributed by atoms with Crippen LogP contribution in [0.4, 0.5) is 5.69 Å². The number of piperazine rings is 1. The standard InChI is InChI=1S/C20H22N6O2/c1-24-7-9-25(10-8-24)19(27)12-15-3-2-4-16(11-15)23-20(28)17-13-22-26-6-5-21-14-18(17)26/h2-6,11,13-14H,7-10,12H2,1H3,(H,23,28). The van der Waals surface area contributed by atoms with E-state index >= 15 is 0 Å². The van der Waals surface area contributed by atoms with E-state index in [-0.39, 0.29) is 11.8 Å². The highest BCUT2D eigenvalue weighted by Gasteiger charge is 2.19. The van der Waals surface area contributed by atoms with Crippen molar-refractivity contribution in [3.05, 3.63) is 60.2 Å². The van der Waals surface area contributed by atoms with Crippen molar-refractivity contribution in [2.24, 2.45) is 0 Å². The Bertz CT molecular complexity index is 1010. The van der Waals surface area contributed by atoms with E-state index in [1.165, 1.54) is 6.20 Å². The molecule has 1 N–H and O–H groups in total. The van der Waals surface area contributed by atoms with Crippen molar-refractivity contribution in [1.82, 2.24) is 24.4 Å². The zero-order valence-corrected chi connectivity index (χ0v) is 15.7. The largest absolute Gasteiger partial charge is 0.340 e. The fraction of sp³-hybridized carbons (Fsp3) is 0.300. The maximum atomic E-state index is 12.6. The second kappa shape index (κ2) is 7.77. The first-order valence-electron chi connectivity index (χ1n) is 9.24. The molecular weight excluding hydrogens is 356 g/mol. The summed E-state index contributed by atoms with van der Waals surface area (Å²) in [6.45, 7) is 3.32. The molecule has 0 unspecified atom stereocenters. The van der Waals surface area contributed by atoms with Gasteiger partial charge < -0.3 is 15.1 Å². The van der Waals surface area contributed by atoms with E-state index in [1.54, 1.807) is 23.1 Å². The van der Waals surface area contributed by atoms with Crippen LogP contribution >= 0.6 is 0 Å². The lowest BCUT2D eigenvalue weighted by Crippen LogP contribution is -2.47. The molecule has 1 saturated heterocycles. The van der Waals surface area contributed by atoms with Crippen LogP contribution in [0.1, 0.15) is 15.9 Å². The second-order valence-electron chi connectivity index (χ2n) is 6.98. The number of amides is 2. The topological polar surface area (TPSA) is 82.8 Å². The molecule has 0 spiro atoms. The number of aromatic nitrogens is 3. The molecule has 0 saturated carbocycles. The number of hydrogen-bond acceptors (Lipinski definition) is 5. The zero-order valence-electron chi connectivity index (χ0n) is 15.7. The Morgan fingerprint density at radius 3 is 2.79 bits per heavy atom. The van der Waals surface area contributed by atoms with Crippen molar-refractivity contribution < 1.29 is 9.59 Å². The van der Waals surface area contributed by atoms with Gasteiger partial charge in [0.05, 0.1) is 29.9 Å². The van der Waals surface area contributed by atoms with E-state index in [4.69, 9.17) is 0 Å². The minimum atomic E-state index is -0.259. The van der Waals surface area contributed by atoms with Gasteiger partial charge in [-0.3, -0.25) is 14.6 Å². The Balaban J connectivity index is 1.43. The van der Waals surface area contributed by atoms with Crippen molar-refractivity contribution in [2.45, 2.75) is 6.42 Å². The third kappa shape index (κ3) is 3.86. The molecule has 4 rings (SSSR count). The molecule has 0 bridgehead atoms. The predicted octanol–water partition coefficient (Wildman–Crippen LogP) is 1.30. The lowest BCUT2D eigenvalue weighted by molar-refractivity contribution is -0.132. The minimum absolute atomic E-state index is 0.116. The van der Waals surface area contributed by atoms with Crippen LogP contribution in [-0.4, -0.2) is 69.4 Å². The summed E-state index contributed by atoms with van der Waals surface area (Å²) >= 11 is 0. The summed E-state index contributed by atoms with van der Waals surface area (Å²) in [5.74, 6) is -0.143. The number of carbonyl (C=O) groups is 2. The molecule has 0 aliphatic carbocycles. The first-order chi connectivity index (χ1) is 13.6. The van der Waals surface area contributed by atoms with E-state index < -0.39 is 0 Å². The van der Waals surface area contributed by atoms with E-state index in [2.05, 4.69) is 27.3 Å². The van der Waals surface area contributed by atoms with E-state index in [0.29, 0.717) is 23.2 Å². The predicted molar refractivity (Wildman–Crippen MR) is 105 cm³/mol. The van der Waals surface area contributed by atoms with Gasteiger partial charge >= 0.3 is 0 Å². The summed E-state index contributed by atoms with van der Waals surface area (Å²) in [4.78, 5) is 33.3. The van der Waals surface area contributed by atoms with Crippen molar-refractivity contribution >= 4 is 23.0 Å². The Hall–Kier alpha value is -3.26. The molecule has 0 radical (unpaired) electrons. The van der Waals surface area contributed by atoms with E-state index in [1.807, 2.05) is 29.2 Å². The number of rotatable bonds is 4. The molecule has 2 amide bonds. The Morgan fingerprint density at radius 1 is 1.14 bits per heavy atom. The van der Waals surface area contributed by atoms with Crippen molar-refractivity contribution in [3.8, 4) is 0 Å². The maximum absolute atomic E-state index is 12.6. The normalized spacial score (nSPS) is 15.0. The fourth-order valence-electron chi connectivity index (χ4n) is 3.31. The Labute approximate surface area is 162 Å². The van der Waals surface area contributed by atoms with Gasteiger partial charge in [0.25, 0.3) is 5.91 Å². The van der Waals surface area contributed by atoms with Crippen molar-refractivity contribution in [2.75, 3.05) is 38.5 Å². The molecule has 1 aliphatic heterocycles. The van der Waals surface area contributed by atoms with Crippen molar-refractivity contribution in [1.29, 1.82) is 0 Å². The van der Waals surface area contributed by atoms with Crippen molar-refractivity contribution in [3.63, 3.8) is 0 Å². The van der Waals surface area contributed by atoms with Crippen LogP contribution in [0.25, 0.3) is 5.52 Å². The molecule has 1 fully saturated rings. The summed E-state index contributed by atoms with van der Waals surface area (Å²) in [7, 11) is 2.06. The molecule has 8 heteroatoms. The first kappa shape index (κ1) is 18.1. The molecule has 144 valence electrons. The molecule has 0 atom stereocenters. The van der Waals surface area contributed by atoms with Crippen LogP contribution in [0.2, 0.25) is 0 Å². The molecule has 28 heavy (non-hydrogen) atoms. The maximum Gasteiger partial charge on any atom is 0.259 e. The smallest absolute Gasteiger partial charge is 0.259 e. The second-order valence-corrected chi connectivity index (χ2v) is 6.98. The highest BCUT2D eigenvalue weighted by molar-refractivity contribution is 6.08. The first-order valence-corrected chi connectivity index (χ1v) is 9.24. The zero-order chi connectivity index (χ0) is 19.5. The number of carbonyl (C=O) groups excluding carboxylic acids is 2. The Morgan fingerprint density at radius 2 is 1.96 bits per heavy atom. The third-order valence-electron chi connectivity index (χ3n) is 4.97. The van der Waals surface area contributed by atoms with Gasteiger partial charge in [-0.05, 0) is 24.7 Å². The number of likely N-dealkylation sites (N-methyl/N-ethyl adjacent to an activating group) is 1. The number of fused-ring (bicyclic) bond motifs is 1. The van der Waals surface area contributed by atoms with Gasteiger partial charge in [0.1, 0.15) is 0 Å². The van der Waals surface area contributed by atoms with Crippen LogP contribution in [0, 0.1) is 0 Å². The summed E-state index contributed by atoms with van der Waals surface area (Å²) in [5, 5.41) is 7.04. The van der Waals surface area contributed by atoms with E-state index in [0.717, 1.165) is 31.7 Å². The fourth-order valence-corrected chi connectivity index (χ4v) is 3.31. The number of hydrogen-bond donors (Lipinski definition) is 1. The number of nitrogens with one attached hydrogen (secondary N) is 1. The van der Waals surface area contributed by atoms with Gasteiger partial charge in [0.15, 0.2) is 0 Å². The molecule has 3 heterocycles. The summed E-state index contributed by atoms with van der Waals surface area (Å²) < 4.78 is 1.60. The lowest BCUT2D eigenvalue weighted by atomic mass is 10.1. The summed E-state index contributed by atoms with van der Waals surface area (Å²) in [6.07, 6.45) is 6.76. The van der Waals surface area contributed by atoms with Crippen LogP contribution in [0.15, 0.2) is 49.1 Å². The molecule has 2 aromatic heterocycles. The number of anilines is 1. The average Bonchev–Trinajstić information content (AvgIpc) is 3.13. The molecule has 3 aromatic rings. The van der Waals surface area contributed by atoms with E-state index in [9.17, 15) is 9.59 Å². The van der Waals surface area contributed by atoms with Crippen LogP contribution in [-0.2, 0) is 11.2 Å². The van der Waals surface area contributed by atoms with Crippen LogP contribution < -0.4 is 5.32 Å². The number of nitrogens with zero attached hydrogens (tertiary/aromatic N) is 5. The van der Waals surface area contributed by atoms with Crippen LogP contribution in [0.3, 0.4) is 0 Å². The highest BCUT2D eigenvalue weighted by atomic mass is 16.2. The summed E-state index contributed by atoms with van der Waals surface area (Å²) in [5.41, 5.74) is 2.62. The van der Waals surface area contributed by atoms with Crippen LogP contribution in [0.5, 0.6) is 0 Å². The Kier molecular flexibility index (Phi) is 5.03. The monoisotopic (exact) mass is 378 g/mol. The highest BCUT2D eigenvalue weighted by Crippen LogP contribution is 2.16. The lowest BCUT2D eigenvalue weighted by Gasteiger charge is -2.32. The van der Waals surface area contributed by atoms with Gasteiger partial charge in [-0.15, -0.1) is 0 Å². The summed E-state index contributed by atoms with van der Waals surface area (Å²) in [6, 6.07) is 7.41. The molecule has 8 nitrogen and oxygen atoms in total. The van der Waals surface area contributed by atoms with Gasteiger partial charge in [0.2, 0.25) is 5.91 Å². The quantitative estimate of drug-likeness (QED) is 0.740. The number of benzene rings is 1. The van der Waals surface area contributed by atoms with Gasteiger partial charge in [-0.25, -0.2) is 4.52 Å². The SMILES string of the molecule is CN1CCN(C(=O)Cc2cccc(NC(=O)c3cnn4ccncc34)c2)CC1. The third-order valence-corrected chi connectivity index (χ3v) is 4.97.